The molecular formula is C18H17ClN4O4. The second-order valence-corrected chi connectivity index (χ2v) is 6.10. The van der Waals surface area contributed by atoms with E-state index in [0.717, 1.165) is 16.8 Å². The molecule has 0 saturated carbocycles. The molecule has 0 spiro atoms. The van der Waals surface area contributed by atoms with Crippen LogP contribution in [0, 0.1) is 0 Å². The maximum atomic E-state index is 12.1. The zero-order valence-corrected chi connectivity index (χ0v) is 15.8. The minimum absolute atomic E-state index is 0.0850. The number of methoxy groups -OCH3 is 2. The summed E-state index contributed by atoms with van der Waals surface area (Å²) in [4.78, 5) is 24.0. The first kappa shape index (κ1) is 18.8. The number of hydrogen-bond donors (Lipinski definition) is 0. The number of aromatic nitrogens is 4. The van der Waals surface area contributed by atoms with Crippen LogP contribution in [0.2, 0.25) is 5.02 Å². The summed E-state index contributed by atoms with van der Waals surface area (Å²) in [5.74, 6) is -1.24. The number of esters is 2. The van der Waals surface area contributed by atoms with Gasteiger partial charge in [-0.2, -0.15) is 5.10 Å². The number of ether oxygens (including phenoxy) is 2. The van der Waals surface area contributed by atoms with Crippen LogP contribution >= 0.6 is 11.6 Å². The number of hydrogen-bond acceptors (Lipinski definition) is 7. The Hall–Kier alpha value is -3.00. The Morgan fingerprint density at radius 2 is 1.96 bits per heavy atom. The van der Waals surface area contributed by atoms with Gasteiger partial charge in [-0.1, -0.05) is 30.7 Å². The van der Waals surface area contributed by atoms with Crippen molar-refractivity contribution in [1.82, 2.24) is 19.8 Å². The quantitative estimate of drug-likeness (QED) is 0.619. The Balaban J connectivity index is 2.32. The van der Waals surface area contributed by atoms with Gasteiger partial charge in [-0.25, -0.2) is 9.31 Å². The van der Waals surface area contributed by atoms with Gasteiger partial charge in [-0.3, -0.25) is 4.79 Å². The van der Waals surface area contributed by atoms with Crippen LogP contribution in [0.25, 0.3) is 16.8 Å². The highest BCUT2D eigenvalue weighted by Crippen LogP contribution is 2.30. The zero-order valence-electron chi connectivity index (χ0n) is 15.0. The van der Waals surface area contributed by atoms with E-state index in [-0.39, 0.29) is 17.8 Å². The summed E-state index contributed by atoms with van der Waals surface area (Å²) in [6.07, 6.45) is 0.406. The van der Waals surface area contributed by atoms with Gasteiger partial charge in [0.1, 0.15) is 0 Å². The molecule has 1 aromatic carbocycles. The summed E-state index contributed by atoms with van der Waals surface area (Å²) < 4.78 is 10.9. The average Bonchev–Trinajstić information content (AvgIpc) is 3.06. The van der Waals surface area contributed by atoms with E-state index in [1.54, 1.807) is 12.1 Å². The van der Waals surface area contributed by atoms with Gasteiger partial charge < -0.3 is 9.47 Å². The molecule has 0 N–H and O–H groups in total. The third-order valence-corrected chi connectivity index (χ3v) is 4.31. The topological polar surface area (TPSA) is 95.7 Å². The minimum atomic E-state index is -0.707. The molecule has 140 valence electrons. The van der Waals surface area contributed by atoms with Crippen LogP contribution in [0.5, 0.6) is 0 Å². The Labute approximate surface area is 160 Å². The van der Waals surface area contributed by atoms with Gasteiger partial charge >= 0.3 is 11.9 Å². The fourth-order valence-electron chi connectivity index (χ4n) is 2.80. The molecule has 0 unspecified atom stereocenters. The van der Waals surface area contributed by atoms with E-state index in [1.807, 2.05) is 19.1 Å². The molecule has 2 aromatic heterocycles. The number of rotatable bonds is 5. The molecule has 9 heteroatoms. The summed E-state index contributed by atoms with van der Waals surface area (Å²) in [6, 6.07) is 7.28. The molecule has 3 aromatic rings. The van der Waals surface area contributed by atoms with Crippen molar-refractivity contribution in [3.05, 3.63) is 46.4 Å². The van der Waals surface area contributed by atoms with Gasteiger partial charge in [0.15, 0.2) is 11.3 Å². The highest BCUT2D eigenvalue weighted by atomic mass is 35.5. The molecule has 0 fully saturated rings. The maximum Gasteiger partial charge on any atom is 0.360 e. The van der Waals surface area contributed by atoms with E-state index in [4.69, 9.17) is 21.1 Å². The van der Waals surface area contributed by atoms with E-state index in [9.17, 15) is 9.59 Å². The van der Waals surface area contributed by atoms with Crippen LogP contribution in [0.1, 0.15) is 28.8 Å². The van der Waals surface area contributed by atoms with Crippen molar-refractivity contribution in [2.45, 2.75) is 19.8 Å². The van der Waals surface area contributed by atoms with Crippen molar-refractivity contribution in [3.63, 3.8) is 0 Å². The van der Waals surface area contributed by atoms with Crippen LogP contribution in [0.4, 0.5) is 0 Å². The third kappa shape index (κ3) is 3.48. The molecule has 0 aliphatic heterocycles. The molecule has 2 heterocycles. The normalized spacial score (nSPS) is 10.8. The van der Waals surface area contributed by atoms with Gasteiger partial charge in [0.05, 0.1) is 37.6 Å². The molecule has 0 radical (unpaired) electrons. The number of fused-ring (bicyclic) bond motifs is 1. The average molecular weight is 389 g/mol. The first-order valence-electron chi connectivity index (χ1n) is 8.18. The molecular weight excluding hydrogens is 372 g/mol. The minimum Gasteiger partial charge on any atom is -0.469 e. The number of halogens is 1. The largest absolute Gasteiger partial charge is 0.469 e. The van der Waals surface area contributed by atoms with Crippen molar-refractivity contribution in [3.8, 4) is 11.1 Å². The summed E-state index contributed by atoms with van der Waals surface area (Å²) >= 11 is 6.13. The number of carbonyl (C=O) groups excluding carboxylic acids is 2. The highest BCUT2D eigenvalue weighted by molar-refractivity contribution is 6.30. The van der Waals surface area contributed by atoms with Gasteiger partial charge in [0.2, 0.25) is 0 Å². The van der Waals surface area contributed by atoms with Crippen molar-refractivity contribution >= 4 is 29.2 Å². The van der Waals surface area contributed by atoms with Crippen LogP contribution in [0.3, 0.4) is 0 Å². The Morgan fingerprint density at radius 3 is 2.59 bits per heavy atom. The molecule has 0 saturated heterocycles. The fourth-order valence-corrected chi connectivity index (χ4v) is 2.99. The smallest absolute Gasteiger partial charge is 0.360 e. The third-order valence-electron chi connectivity index (χ3n) is 4.07. The van der Waals surface area contributed by atoms with E-state index < -0.39 is 11.9 Å². The van der Waals surface area contributed by atoms with Crippen LogP contribution < -0.4 is 0 Å². The van der Waals surface area contributed by atoms with Crippen molar-refractivity contribution < 1.29 is 19.1 Å². The summed E-state index contributed by atoms with van der Waals surface area (Å²) in [5, 5.41) is 13.3. The lowest BCUT2D eigenvalue weighted by atomic mass is 10.0. The van der Waals surface area contributed by atoms with Crippen molar-refractivity contribution in [2.75, 3.05) is 14.2 Å². The molecule has 0 atom stereocenters. The second-order valence-electron chi connectivity index (χ2n) is 5.66. The monoisotopic (exact) mass is 388 g/mol. The number of carbonyl (C=O) groups is 2. The highest BCUT2D eigenvalue weighted by Gasteiger charge is 2.25. The molecule has 0 bridgehead atoms. The lowest BCUT2D eigenvalue weighted by molar-refractivity contribution is -0.139. The first-order valence-corrected chi connectivity index (χ1v) is 8.56. The molecule has 8 nitrogen and oxygen atoms in total. The van der Waals surface area contributed by atoms with Gasteiger partial charge in [0.25, 0.3) is 0 Å². The van der Waals surface area contributed by atoms with E-state index in [2.05, 4.69) is 15.3 Å². The number of nitrogens with zero attached hydrogens (tertiary/aromatic N) is 4. The molecule has 0 aliphatic carbocycles. The van der Waals surface area contributed by atoms with Crippen molar-refractivity contribution in [2.24, 2.45) is 0 Å². The number of benzene rings is 1. The van der Waals surface area contributed by atoms with Gasteiger partial charge in [-0.15, -0.1) is 10.2 Å². The Bertz CT molecular complexity index is 1030. The standard InChI is InChI=1S/C18H17ClN4O4/c1-4-12-15(10-6-5-7-11(19)8-10)17-21-20-16(18(25)27-3)13(23(17)22-12)9-14(24)26-2/h5-8H,4,9H2,1-3H3. The van der Waals surface area contributed by atoms with Crippen LogP contribution in [-0.2, 0) is 27.1 Å². The van der Waals surface area contributed by atoms with Crippen molar-refractivity contribution in [1.29, 1.82) is 0 Å². The summed E-state index contributed by atoms with van der Waals surface area (Å²) in [7, 11) is 2.50. The first-order chi connectivity index (χ1) is 13.0. The molecule has 27 heavy (non-hydrogen) atoms. The Kier molecular flexibility index (Phi) is 5.36. The number of aryl methyl sites for hydroxylation is 1. The maximum absolute atomic E-state index is 12.1. The van der Waals surface area contributed by atoms with E-state index in [1.165, 1.54) is 18.7 Å². The van der Waals surface area contributed by atoms with E-state index in [0.29, 0.717) is 17.1 Å². The SMILES string of the molecule is CCc1nn2c(CC(=O)OC)c(C(=O)OC)nnc2c1-c1cccc(Cl)c1. The second kappa shape index (κ2) is 7.71. The fraction of sp³-hybridized carbons (Fsp3) is 0.278. The summed E-state index contributed by atoms with van der Waals surface area (Å²) in [5.41, 5.74) is 2.88. The molecule has 0 aliphatic rings. The lowest BCUT2D eigenvalue weighted by Crippen LogP contribution is -2.19. The van der Waals surface area contributed by atoms with Gasteiger partial charge in [-0.05, 0) is 24.1 Å². The van der Waals surface area contributed by atoms with Gasteiger partial charge in [0, 0.05) is 5.02 Å². The van der Waals surface area contributed by atoms with E-state index >= 15 is 0 Å². The molecule has 0 amide bonds. The summed E-state index contributed by atoms with van der Waals surface area (Å²) in [6.45, 7) is 1.95. The van der Waals surface area contributed by atoms with Crippen LogP contribution in [-0.4, -0.2) is 46.0 Å². The van der Waals surface area contributed by atoms with Crippen LogP contribution in [0.15, 0.2) is 24.3 Å². The lowest BCUT2D eigenvalue weighted by Gasteiger charge is -2.08. The predicted molar refractivity (Wildman–Crippen MR) is 97.7 cm³/mol. The predicted octanol–water partition coefficient (Wildman–Crippen LogP) is 2.51. The Morgan fingerprint density at radius 1 is 1.19 bits per heavy atom. The zero-order chi connectivity index (χ0) is 19.6. The molecule has 3 rings (SSSR count).